The second-order valence-electron chi connectivity index (χ2n) is 5.92. The Morgan fingerprint density at radius 1 is 1.29 bits per heavy atom. The largest absolute Gasteiger partial charge is 0.497 e. The third kappa shape index (κ3) is 2.73. The lowest BCUT2D eigenvalue weighted by Gasteiger charge is -2.30. The fourth-order valence-corrected chi connectivity index (χ4v) is 3.21. The van der Waals surface area contributed by atoms with Gasteiger partial charge >= 0.3 is 0 Å². The summed E-state index contributed by atoms with van der Waals surface area (Å²) in [4.78, 5) is 11.2. The molecule has 1 N–H and O–H groups in total. The predicted octanol–water partition coefficient (Wildman–Crippen LogP) is 3.35. The Kier molecular flexibility index (Phi) is 3.91. The minimum absolute atomic E-state index is 0.0177. The Morgan fingerprint density at radius 2 is 2.25 bits per heavy atom. The maximum absolute atomic E-state index is 5.33. The van der Waals surface area contributed by atoms with Gasteiger partial charge < -0.3 is 15.0 Å². The zero-order valence-corrected chi connectivity index (χ0v) is 13.6. The number of ether oxygens (including phenoxy) is 1. The van der Waals surface area contributed by atoms with E-state index in [4.69, 9.17) is 9.73 Å². The Hall–Kier alpha value is -2.82. The molecule has 0 spiro atoms. The fraction of sp³-hybridized carbons (Fsp3) is 0.263. The van der Waals surface area contributed by atoms with Crippen LogP contribution in [0.1, 0.15) is 12.8 Å². The molecule has 0 radical (unpaired) electrons. The smallest absolute Gasteiger partial charge is 0.148 e. The molecular formula is C19H20N4O. The van der Waals surface area contributed by atoms with Crippen molar-refractivity contribution in [3.05, 3.63) is 60.5 Å². The second kappa shape index (κ2) is 6.35. The van der Waals surface area contributed by atoms with Crippen LogP contribution in [-0.4, -0.2) is 36.3 Å². The van der Waals surface area contributed by atoms with E-state index in [1.165, 1.54) is 5.57 Å². The topological polar surface area (TPSA) is 49.2 Å². The first-order chi connectivity index (χ1) is 11.8. The molecule has 3 aliphatic rings. The van der Waals surface area contributed by atoms with E-state index in [0.717, 1.165) is 30.1 Å². The molecule has 2 aliphatic heterocycles. The van der Waals surface area contributed by atoms with Crippen LogP contribution in [-0.2, 0) is 0 Å². The van der Waals surface area contributed by atoms with E-state index in [0.29, 0.717) is 0 Å². The fourth-order valence-electron chi connectivity index (χ4n) is 3.21. The van der Waals surface area contributed by atoms with Gasteiger partial charge in [0.2, 0.25) is 0 Å². The van der Waals surface area contributed by atoms with Crippen molar-refractivity contribution in [1.29, 1.82) is 0 Å². The summed E-state index contributed by atoms with van der Waals surface area (Å²) in [6.45, 7) is 0. The van der Waals surface area contributed by atoms with Crippen LogP contribution in [0.3, 0.4) is 0 Å². The van der Waals surface area contributed by atoms with E-state index in [9.17, 15) is 0 Å². The van der Waals surface area contributed by atoms with Crippen LogP contribution in [0.2, 0.25) is 0 Å². The molecule has 0 saturated carbocycles. The molecule has 5 heteroatoms. The molecule has 1 aromatic carbocycles. The predicted molar refractivity (Wildman–Crippen MR) is 97.6 cm³/mol. The monoisotopic (exact) mass is 320 g/mol. The Bertz CT molecular complexity index is 775. The van der Waals surface area contributed by atoms with Crippen LogP contribution < -0.4 is 10.1 Å². The van der Waals surface area contributed by atoms with Gasteiger partial charge in [-0.1, -0.05) is 24.3 Å². The first-order valence-corrected chi connectivity index (χ1v) is 8.18. The van der Waals surface area contributed by atoms with E-state index in [-0.39, 0.29) is 12.2 Å². The summed E-state index contributed by atoms with van der Waals surface area (Å²) in [5, 5.41) is 3.61. The van der Waals surface area contributed by atoms with Crippen molar-refractivity contribution in [2.45, 2.75) is 25.0 Å². The van der Waals surface area contributed by atoms with Gasteiger partial charge in [0.25, 0.3) is 0 Å². The van der Waals surface area contributed by atoms with Gasteiger partial charge in [-0.15, -0.1) is 0 Å². The average molecular weight is 320 g/mol. The van der Waals surface area contributed by atoms with Gasteiger partial charge in [-0.05, 0) is 30.5 Å². The van der Waals surface area contributed by atoms with Gasteiger partial charge in [-0.25, -0.2) is 0 Å². The number of amidine groups is 1. The van der Waals surface area contributed by atoms with Crippen molar-refractivity contribution in [3.8, 4) is 5.75 Å². The van der Waals surface area contributed by atoms with E-state index >= 15 is 0 Å². The number of aliphatic imine (C=N–C) groups is 2. The molecule has 122 valence electrons. The molecule has 4 rings (SSSR count). The molecule has 0 bridgehead atoms. The summed E-state index contributed by atoms with van der Waals surface area (Å²) in [6, 6.07) is 8.02. The first kappa shape index (κ1) is 14.8. The van der Waals surface area contributed by atoms with Crippen molar-refractivity contribution in [2.75, 3.05) is 12.4 Å². The lowest BCUT2D eigenvalue weighted by atomic mass is 9.98. The molecule has 0 saturated heterocycles. The number of anilines is 1. The lowest BCUT2D eigenvalue weighted by molar-refractivity contribution is 0.414. The van der Waals surface area contributed by atoms with E-state index < -0.39 is 0 Å². The molecule has 2 atom stereocenters. The molecule has 0 aromatic heterocycles. The number of nitrogens with zero attached hydrogens (tertiary/aromatic N) is 3. The van der Waals surface area contributed by atoms with Crippen molar-refractivity contribution in [1.82, 2.24) is 4.90 Å². The summed E-state index contributed by atoms with van der Waals surface area (Å²) in [5.41, 5.74) is 2.27. The van der Waals surface area contributed by atoms with Crippen LogP contribution in [0.5, 0.6) is 5.75 Å². The highest BCUT2D eigenvalue weighted by molar-refractivity contribution is 6.31. The van der Waals surface area contributed by atoms with Gasteiger partial charge in [-0.3, -0.25) is 9.98 Å². The summed E-state index contributed by atoms with van der Waals surface area (Å²) in [6.07, 6.45) is 14.5. The third-order valence-electron chi connectivity index (χ3n) is 4.39. The second-order valence-corrected chi connectivity index (χ2v) is 5.92. The van der Waals surface area contributed by atoms with Crippen LogP contribution >= 0.6 is 0 Å². The van der Waals surface area contributed by atoms with Gasteiger partial charge in [0, 0.05) is 24.2 Å². The molecule has 1 aliphatic carbocycles. The number of allylic oxidation sites excluding steroid dienone is 2. The number of hydrogen-bond donors (Lipinski definition) is 1. The zero-order chi connectivity index (χ0) is 16.4. The molecule has 1 aromatic rings. The maximum Gasteiger partial charge on any atom is 0.148 e. The summed E-state index contributed by atoms with van der Waals surface area (Å²) >= 11 is 0. The molecule has 0 amide bonds. The van der Waals surface area contributed by atoms with Crippen molar-refractivity contribution in [3.63, 3.8) is 0 Å². The van der Waals surface area contributed by atoms with Crippen LogP contribution in [0.4, 0.5) is 5.69 Å². The van der Waals surface area contributed by atoms with Gasteiger partial charge in [0.1, 0.15) is 23.8 Å². The minimum atomic E-state index is 0.0177. The summed E-state index contributed by atoms with van der Waals surface area (Å²) in [7, 11) is 1.68. The first-order valence-electron chi connectivity index (χ1n) is 8.18. The number of nitrogens with one attached hydrogen (secondary N) is 1. The lowest BCUT2D eigenvalue weighted by Crippen LogP contribution is -2.43. The summed E-state index contributed by atoms with van der Waals surface area (Å²) in [5.74, 6) is 1.73. The highest BCUT2D eigenvalue weighted by Crippen LogP contribution is 2.29. The van der Waals surface area contributed by atoms with E-state index in [1.807, 2.05) is 36.7 Å². The van der Waals surface area contributed by atoms with Crippen molar-refractivity contribution in [2.24, 2.45) is 9.98 Å². The van der Waals surface area contributed by atoms with Crippen molar-refractivity contribution >= 4 is 17.7 Å². The highest BCUT2D eigenvalue weighted by atomic mass is 16.5. The molecule has 2 unspecified atom stereocenters. The minimum Gasteiger partial charge on any atom is -0.497 e. The number of hydrogen-bond acceptors (Lipinski definition) is 5. The Labute approximate surface area is 141 Å². The molecule has 5 nitrogen and oxygen atoms in total. The van der Waals surface area contributed by atoms with E-state index in [2.05, 4.69) is 33.4 Å². The number of benzene rings is 1. The Morgan fingerprint density at radius 3 is 3.08 bits per heavy atom. The third-order valence-corrected chi connectivity index (χ3v) is 4.39. The standard InChI is InChI=1S/C19H20N4O/c1-24-16-9-5-8-15(12-16)21-19-18(14-6-3-2-4-7-14)22-17-13-20-10-11-23(17)19/h3,5-13,18-19,21H,2,4H2,1H3. The average Bonchev–Trinajstić information content (AvgIpc) is 3.01. The van der Waals surface area contributed by atoms with Crippen molar-refractivity contribution < 1.29 is 4.74 Å². The SMILES string of the molecule is COc1cccc(NC2C(C3=CCCC=C3)N=C3C=NC=CN32)c1. The molecule has 0 fully saturated rings. The molecule has 2 heterocycles. The zero-order valence-electron chi connectivity index (χ0n) is 13.6. The van der Waals surface area contributed by atoms with E-state index in [1.54, 1.807) is 13.3 Å². The van der Waals surface area contributed by atoms with Gasteiger partial charge in [-0.2, -0.15) is 0 Å². The molecular weight excluding hydrogens is 300 g/mol. The number of rotatable bonds is 4. The van der Waals surface area contributed by atoms with Gasteiger partial charge in [0.15, 0.2) is 0 Å². The van der Waals surface area contributed by atoms with Crippen LogP contribution in [0.15, 0.2) is 70.5 Å². The van der Waals surface area contributed by atoms with Crippen LogP contribution in [0, 0.1) is 0 Å². The quantitative estimate of drug-likeness (QED) is 0.925. The summed E-state index contributed by atoms with van der Waals surface area (Å²) < 4.78 is 5.33. The highest BCUT2D eigenvalue weighted by Gasteiger charge is 2.36. The normalized spacial score (nSPS) is 24.5. The van der Waals surface area contributed by atoms with Crippen LogP contribution in [0.25, 0.3) is 0 Å². The number of fused-ring (bicyclic) bond motifs is 1. The Balaban J connectivity index is 1.65. The maximum atomic E-state index is 5.33. The van der Waals surface area contributed by atoms with Gasteiger partial charge in [0.05, 0.1) is 13.3 Å². The molecule has 24 heavy (non-hydrogen) atoms. The number of methoxy groups -OCH3 is 1.